The Hall–Kier alpha value is -2.16. The third-order valence-electron chi connectivity index (χ3n) is 2.85. The van der Waals surface area contributed by atoms with Gasteiger partial charge < -0.3 is 4.57 Å². The van der Waals surface area contributed by atoms with Crippen LogP contribution in [0.25, 0.3) is 21.8 Å². The van der Waals surface area contributed by atoms with Crippen LogP contribution in [0.1, 0.15) is 0 Å². The first kappa shape index (κ1) is 9.09. The number of aromatic nitrogens is 2. The summed E-state index contributed by atoms with van der Waals surface area (Å²) in [5.74, 6) is 0. The lowest BCUT2D eigenvalue weighted by molar-refractivity contribution is 0.908. The zero-order chi connectivity index (χ0) is 11.1. The monoisotopic (exact) mass is 210 g/mol. The first-order chi connectivity index (χ1) is 7.77. The Morgan fingerprint density at radius 2 is 1.81 bits per heavy atom. The summed E-state index contributed by atoms with van der Waals surface area (Å²) in [6, 6.07) is 11.4. The second-order valence-corrected chi connectivity index (χ2v) is 3.81. The minimum Gasteiger partial charge on any atom is -0.309 e. The maximum atomic E-state index is 11.6. The van der Waals surface area contributed by atoms with Crippen LogP contribution in [0.3, 0.4) is 0 Å². The molecule has 3 nitrogen and oxygen atoms in total. The molecule has 3 aromatic rings. The van der Waals surface area contributed by atoms with Crippen LogP contribution in [0.15, 0.2) is 47.4 Å². The summed E-state index contributed by atoms with van der Waals surface area (Å²) < 4.78 is 1.64. The molecule has 0 aliphatic rings. The first-order valence-electron chi connectivity index (χ1n) is 5.11. The number of hydrogen-bond acceptors (Lipinski definition) is 2. The summed E-state index contributed by atoms with van der Waals surface area (Å²) in [4.78, 5) is 16.0. The molecule has 3 heteroatoms. The van der Waals surface area contributed by atoms with Gasteiger partial charge in [-0.1, -0.05) is 18.2 Å². The summed E-state index contributed by atoms with van der Waals surface area (Å²) in [5.41, 5.74) is 1.76. The lowest BCUT2D eigenvalue weighted by atomic mass is 10.1. The van der Waals surface area contributed by atoms with Crippen LogP contribution >= 0.6 is 0 Å². The molecule has 0 amide bonds. The van der Waals surface area contributed by atoms with Crippen LogP contribution < -0.4 is 5.56 Å². The van der Waals surface area contributed by atoms with Crippen LogP contribution in [0.2, 0.25) is 0 Å². The predicted octanol–water partition coefficient (Wildman–Crippen LogP) is 2.09. The van der Waals surface area contributed by atoms with Crippen LogP contribution in [-0.2, 0) is 7.05 Å². The lowest BCUT2D eigenvalue weighted by Crippen LogP contribution is -2.15. The van der Waals surface area contributed by atoms with Crippen molar-refractivity contribution in [2.45, 2.75) is 0 Å². The Balaban J connectivity index is 2.68. The summed E-state index contributed by atoms with van der Waals surface area (Å²) in [6.45, 7) is 0. The highest BCUT2D eigenvalue weighted by Crippen LogP contribution is 2.21. The standard InChI is InChI=1S/C13H10N2O/c1-15-11(16)7-6-10-5-4-9-3-2-8-14-12(9)13(10)15/h2-8H,1H3. The van der Waals surface area contributed by atoms with Gasteiger partial charge in [0.15, 0.2) is 0 Å². The molecule has 0 atom stereocenters. The first-order valence-corrected chi connectivity index (χ1v) is 5.11. The van der Waals surface area contributed by atoms with Gasteiger partial charge in [-0.25, -0.2) is 0 Å². The number of benzene rings is 1. The van der Waals surface area contributed by atoms with Crippen molar-refractivity contribution in [3.8, 4) is 0 Å². The Kier molecular flexibility index (Phi) is 1.80. The molecular weight excluding hydrogens is 200 g/mol. The summed E-state index contributed by atoms with van der Waals surface area (Å²) in [5, 5.41) is 2.09. The van der Waals surface area contributed by atoms with Gasteiger partial charge >= 0.3 is 0 Å². The van der Waals surface area contributed by atoms with Crippen molar-refractivity contribution in [3.05, 3.63) is 52.9 Å². The van der Waals surface area contributed by atoms with Gasteiger partial charge in [-0.2, -0.15) is 0 Å². The lowest BCUT2D eigenvalue weighted by Gasteiger charge is -2.06. The molecule has 0 fully saturated rings. The zero-order valence-electron chi connectivity index (χ0n) is 8.84. The third-order valence-corrected chi connectivity index (χ3v) is 2.85. The van der Waals surface area contributed by atoms with Crippen molar-refractivity contribution in [2.24, 2.45) is 7.05 Å². The van der Waals surface area contributed by atoms with Gasteiger partial charge in [0.1, 0.15) is 0 Å². The van der Waals surface area contributed by atoms with Gasteiger partial charge in [-0.15, -0.1) is 0 Å². The molecule has 2 aromatic heterocycles. The average molecular weight is 210 g/mol. The fourth-order valence-corrected chi connectivity index (χ4v) is 2.02. The molecule has 0 spiro atoms. The quantitative estimate of drug-likeness (QED) is 0.532. The Morgan fingerprint density at radius 1 is 1.06 bits per heavy atom. The highest BCUT2D eigenvalue weighted by Gasteiger charge is 2.04. The normalized spacial score (nSPS) is 11.1. The van der Waals surface area contributed by atoms with Crippen molar-refractivity contribution in [1.29, 1.82) is 0 Å². The van der Waals surface area contributed by atoms with Gasteiger partial charge in [0.25, 0.3) is 5.56 Å². The highest BCUT2D eigenvalue weighted by molar-refractivity contribution is 6.02. The fraction of sp³-hybridized carbons (Fsp3) is 0.0769. The SMILES string of the molecule is Cn1c(=O)ccc2ccc3cccnc3c21. The molecule has 1 aromatic carbocycles. The molecular formula is C13H10N2O. The second-order valence-electron chi connectivity index (χ2n) is 3.81. The van der Waals surface area contributed by atoms with E-state index in [-0.39, 0.29) is 5.56 Å². The molecule has 0 N–H and O–H groups in total. The van der Waals surface area contributed by atoms with Gasteiger partial charge in [0.2, 0.25) is 0 Å². The number of hydrogen-bond donors (Lipinski definition) is 0. The molecule has 0 aliphatic heterocycles. The van der Waals surface area contributed by atoms with Crippen molar-refractivity contribution in [3.63, 3.8) is 0 Å². The zero-order valence-corrected chi connectivity index (χ0v) is 8.84. The smallest absolute Gasteiger partial charge is 0.250 e. The van der Waals surface area contributed by atoms with E-state index in [9.17, 15) is 4.79 Å². The molecule has 0 unspecified atom stereocenters. The van der Waals surface area contributed by atoms with E-state index < -0.39 is 0 Å². The van der Waals surface area contributed by atoms with Crippen LogP contribution in [0.4, 0.5) is 0 Å². The molecule has 0 saturated carbocycles. The number of rotatable bonds is 0. The maximum Gasteiger partial charge on any atom is 0.250 e. The summed E-state index contributed by atoms with van der Waals surface area (Å²) in [6.07, 6.45) is 1.75. The predicted molar refractivity (Wildman–Crippen MR) is 64.5 cm³/mol. The molecule has 0 aliphatic carbocycles. The molecule has 78 valence electrons. The molecule has 0 saturated heterocycles. The van der Waals surface area contributed by atoms with Crippen molar-refractivity contribution >= 4 is 21.8 Å². The van der Waals surface area contributed by atoms with Crippen LogP contribution in [0.5, 0.6) is 0 Å². The molecule has 2 heterocycles. The Morgan fingerprint density at radius 3 is 2.69 bits per heavy atom. The van der Waals surface area contributed by atoms with Gasteiger partial charge in [0, 0.05) is 30.1 Å². The van der Waals surface area contributed by atoms with Gasteiger partial charge in [-0.3, -0.25) is 9.78 Å². The van der Waals surface area contributed by atoms with E-state index in [0.717, 1.165) is 21.8 Å². The number of nitrogens with zero attached hydrogens (tertiary/aromatic N) is 2. The number of pyridine rings is 2. The van der Waals surface area contributed by atoms with E-state index in [1.54, 1.807) is 23.9 Å². The van der Waals surface area contributed by atoms with Crippen molar-refractivity contribution in [2.75, 3.05) is 0 Å². The van der Waals surface area contributed by atoms with E-state index in [1.807, 2.05) is 30.3 Å². The summed E-state index contributed by atoms with van der Waals surface area (Å²) in [7, 11) is 1.78. The maximum absolute atomic E-state index is 11.6. The minimum atomic E-state index is -0.00865. The second kappa shape index (κ2) is 3.17. The molecule has 0 radical (unpaired) electrons. The third kappa shape index (κ3) is 1.15. The molecule has 0 bridgehead atoms. The topological polar surface area (TPSA) is 34.9 Å². The van der Waals surface area contributed by atoms with Gasteiger partial charge in [-0.05, 0) is 12.1 Å². The van der Waals surface area contributed by atoms with E-state index in [0.29, 0.717) is 0 Å². The summed E-state index contributed by atoms with van der Waals surface area (Å²) >= 11 is 0. The average Bonchev–Trinajstić information content (AvgIpc) is 2.33. The van der Waals surface area contributed by atoms with Crippen molar-refractivity contribution in [1.82, 2.24) is 9.55 Å². The Labute approximate surface area is 92.0 Å². The Bertz CT molecular complexity index is 744. The highest BCUT2D eigenvalue weighted by atomic mass is 16.1. The van der Waals surface area contributed by atoms with Crippen LogP contribution in [-0.4, -0.2) is 9.55 Å². The largest absolute Gasteiger partial charge is 0.309 e. The number of aryl methyl sites for hydroxylation is 1. The van der Waals surface area contributed by atoms with E-state index >= 15 is 0 Å². The van der Waals surface area contributed by atoms with Crippen LogP contribution in [0, 0.1) is 0 Å². The van der Waals surface area contributed by atoms with Gasteiger partial charge in [0.05, 0.1) is 11.0 Å². The number of fused-ring (bicyclic) bond motifs is 3. The molecule has 16 heavy (non-hydrogen) atoms. The molecule has 3 rings (SSSR count). The van der Waals surface area contributed by atoms with E-state index in [2.05, 4.69) is 4.98 Å². The fourth-order valence-electron chi connectivity index (χ4n) is 2.02. The van der Waals surface area contributed by atoms with Crippen molar-refractivity contribution < 1.29 is 0 Å². The minimum absolute atomic E-state index is 0.00865. The van der Waals surface area contributed by atoms with E-state index in [1.165, 1.54) is 0 Å². The van der Waals surface area contributed by atoms with E-state index in [4.69, 9.17) is 0 Å².